The molecule has 1 aliphatic heterocycles. The number of ether oxygens (including phenoxy) is 1. The summed E-state index contributed by atoms with van der Waals surface area (Å²) in [6.45, 7) is 0.796. The number of alkyl halides is 2. The highest BCUT2D eigenvalue weighted by atomic mass is 19.3. The van der Waals surface area contributed by atoms with Crippen molar-refractivity contribution in [3.05, 3.63) is 47.3 Å². The van der Waals surface area contributed by atoms with E-state index < -0.39 is 12.4 Å². The number of rotatable bonds is 3. The zero-order valence-corrected chi connectivity index (χ0v) is 12.6. The number of nitrogens with zero attached hydrogens (tertiary/aromatic N) is 1. The summed E-state index contributed by atoms with van der Waals surface area (Å²) in [5, 5.41) is 3.16. The first-order chi connectivity index (χ1) is 11.1. The molecule has 23 heavy (non-hydrogen) atoms. The topological polar surface area (TPSA) is 51.2 Å². The monoisotopic (exact) mass is 318 g/mol. The molecule has 4 nitrogen and oxygen atoms in total. The molecule has 1 N–H and O–H groups in total. The summed E-state index contributed by atoms with van der Waals surface area (Å²) in [5.41, 5.74) is 2.91. The number of nitrogens with one attached hydrogen (secondary N) is 1. The molecule has 3 rings (SSSR count). The molecule has 0 radical (unpaired) electrons. The Morgan fingerprint density at radius 2 is 2.17 bits per heavy atom. The van der Waals surface area contributed by atoms with E-state index in [1.165, 1.54) is 25.4 Å². The molecule has 120 valence electrons. The SMILES string of the molecule is COC(=O)c1ccc(-c2cc3c(cc2C(F)F)NCCC3)cn1. The van der Waals surface area contributed by atoms with Gasteiger partial charge in [-0.05, 0) is 42.2 Å². The first-order valence-electron chi connectivity index (χ1n) is 7.33. The maximum absolute atomic E-state index is 13.4. The molecule has 0 spiro atoms. The molecule has 0 bridgehead atoms. The van der Waals surface area contributed by atoms with Crippen LogP contribution >= 0.6 is 0 Å². The Kier molecular flexibility index (Phi) is 4.23. The predicted molar refractivity (Wildman–Crippen MR) is 82.8 cm³/mol. The molecule has 1 aromatic carbocycles. The van der Waals surface area contributed by atoms with Gasteiger partial charge in [-0.3, -0.25) is 0 Å². The smallest absolute Gasteiger partial charge is 0.356 e. The van der Waals surface area contributed by atoms with E-state index in [2.05, 4.69) is 15.0 Å². The Bertz CT molecular complexity index is 730. The first-order valence-corrected chi connectivity index (χ1v) is 7.33. The van der Waals surface area contributed by atoms with Crippen molar-refractivity contribution in [1.29, 1.82) is 0 Å². The highest BCUT2D eigenvalue weighted by Gasteiger charge is 2.20. The lowest BCUT2D eigenvalue weighted by atomic mass is 9.93. The minimum absolute atomic E-state index is 0.0363. The van der Waals surface area contributed by atoms with E-state index in [0.717, 1.165) is 30.6 Å². The van der Waals surface area contributed by atoms with Crippen LogP contribution in [0.5, 0.6) is 0 Å². The van der Waals surface area contributed by atoms with Crippen molar-refractivity contribution >= 4 is 11.7 Å². The van der Waals surface area contributed by atoms with Crippen molar-refractivity contribution in [2.75, 3.05) is 19.0 Å². The maximum Gasteiger partial charge on any atom is 0.356 e. The van der Waals surface area contributed by atoms with Crippen LogP contribution in [0.25, 0.3) is 11.1 Å². The molecule has 1 aliphatic rings. The van der Waals surface area contributed by atoms with Crippen molar-refractivity contribution in [2.24, 2.45) is 0 Å². The second kappa shape index (κ2) is 6.32. The molecule has 6 heteroatoms. The van der Waals surface area contributed by atoms with Crippen LogP contribution < -0.4 is 5.32 Å². The molecule has 2 aromatic rings. The Hall–Kier alpha value is -2.50. The largest absolute Gasteiger partial charge is 0.464 e. The molecular weight excluding hydrogens is 302 g/mol. The summed E-state index contributed by atoms with van der Waals surface area (Å²) in [5.74, 6) is -0.555. The van der Waals surface area contributed by atoms with Crippen LogP contribution in [0.1, 0.15) is 34.5 Å². The van der Waals surface area contributed by atoms with Gasteiger partial charge in [0.2, 0.25) is 0 Å². The molecule has 1 aromatic heterocycles. The second-order valence-corrected chi connectivity index (χ2v) is 5.35. The van der Waals surface area contributed by atoms with Gasteiger partial charge in [0.25, 0.3) is 6.43 Å². The average molecular weight is 318 g/mol. The third kappa shape index (κ3) is 3.02. The first kappa shape index (κ1) is 15.4. The van der Waals surface area contributed by atoms with Crippen molar-refractivity contribution < 1.29 is 18.3 Å². The van der Waals surface area contributed by atoms with E-state index in [0.29, 0.717) is 11.1 Å². The summed E-state index contributed by atoms with van der Waals surface area (Å²) in [6.07, 6.45) is 0.669. The fourth-order valence-corrected chi connectivity index (χ4v) is 2.74. The summed E-state index contributed by atoms with van der Waals surface area (Å²) in [4.78, 5) is 15.4. The number of carbonyl (C=O) groups is 1. The third-order valence-electron chi connectivity index (χ3n) is 3.92. The number of aryl methyl sites for hydroxylation is 1. The summed E-state index contributed by atoms with van der Waals surface area (Å²) in [6, 6.07) is 6.40. The Morgan fingerprint density at radius 3 is 2.83 bits per heavy atom. The molecule has 0 atom stereocenters. The van der Waals surface area contributed by atoms with E-state index in [9.17, 15) is 13.6 Å². The number of methoxy groups -OCH3 is 1. The number of hydrogen-bond donors (Lipinski definition) is 1. The van der Waals surface area contributed by atoms with Gasteiger partial charge < -0.3 is 10.1 Å². The molecule has 0 amide bonds. The van der Waals surface area contributed by atoms with Crippen LogP contribution in [0, 0.1) is 0 Å². The van der Waals surface area contributed by atoms with Gasteiger partial charge in [-0.1, -0.05) is 6.07 Å². The highest BCUT2D eigenvalue weighted by Crippen LogP contribution is 2.36. The molecular formula is C17H16F2N2O2. The van der Waals surface area contributed by atoms with Crippen molar-refractivity contribution in [3.63, 3.8) is 0 Å². The predicted octanol–water partition coefficient (Wildman–Crippen LogP) is 3.83. The lowest BCUT2D eigenvalue weighted by molar-refractivity contribution is 0.0594. The van der Waals surface area contributed by atoms with Gasteiger partial charge in [-0.25, -0.2) is 18.6 Å². The number of pyridine rings is 1. The molecule has 0 unspecified atom stereocenters. The summed E-state index contributed by atoms with van der Waals surface area (Å²) in [7, 11) is 1.27. The number of carbonyl (C=O) groups excluding carboxylic acids is 1. The van der Waals surface area contributed by atoms with Gasteiger partial charge in [-0.2, -0.15) is 0 Å². The van der Waals surface area contributed by atoms with E-state index in [-0.39, 0.29) is 11.3 Å². The normalized spacial score (nSPS) is 13.4. The summed E-state index contributed by atoms with van der Waals surface area (Å²) < 4.78 is 31.4. The van der Waals surface area contributed by atoms with Crippen LogP contribution in [0.2, 0.25) is 0 Å². The van der Waals surface area contributed by atoms with Crippen molar-refractivity contribution in [2.45, 2.75) is 19.3 Å². The van der Waals surface area contributed by atoms with E-state index in [1.54, 1.807) is 12.1 Å². The number of anilines is 1. The average Bonchev–Trinajstić information content (AvgIpc) is 2.60. The van der Waals surface area contributed by atoms with Gasteiger partial charge in [0.05, 0.1) is 7.11 Å². The van der Waals surface area contributed by atoms with Gasteiger partial charge in [0.1, 0.15) is 5.69 Å². The van der Waals surface area contributed by atoms with Crippen LogP contribution in [-0.2, 0) is 11.2 Å². The minimum Gasteiger partial charge on any atom is -0.464 e. The number of esters is 1. The Morgan fingerprint density at radius 1 is 1.35 bits per heavy atom. The van der Waals surface area contributed by atoms with Crippen molar-refractivity contribution in [1.82, 2.24) is 4.98 Å². The standard InChI is InChI=1S/C17H16F2N2O2/c1-23-17(22)14-5-4-11(9-21-14)12-7-10-3-2-6-20-15(10)8-13(12)16(18)19/h4-5,7-9,16,20H,2-3,6H2,1H3. The van der Waals surface area contributed by atoms with Gasteiger partial charge in [0, 0.05) is 29.6 Å². The molecule has 0 saturated carbocycles. The van der Waals surface area contributed by atoms with Crippen LogP contribution in [0.4, 0.5) is 14.5 Å². The van der Waals surface area contributed by atoms with Gasteiger partial charge in [-0.15, -0.1) is 0 Å². The number of halogens is 2. The second-order valence-electron chi connectivity index (χ2n) is 5.35. The molecule has 2 heterocycles. The van der Waals surface area contributed by atoms with Crippen LogP contribution in [0.15, 0.2) is 30.5 Å². The molecule has 0 aliphatic carbocycles. The van der Waals surface area contributed by atoms with Gasteiger partial charge in [0.15, 0.2) is 0 Å². The zero-order chi connectivity index (χ0) is 16.4. The van der Waals surface area contributed by atoms with E-state index in [1.807, 2.05) is 0 Å². The third-order valence-corrected chi connectivity index (χ3v) is 3.92. The van der Waals surface area contributed by atoms with Crippen LogP contribution in [-0.4, -0.2) is 24.6 Å². The van der Waals surface area contributed by atoms with Crippen molar-refractivity contribution in [3.8, 4) is 11.1 Å². The van der Waals surface area contributed by atoms with E-state index in [4.69, 9.17) is 0 Å². The quantitative estimate of drug-likeness (QED) is 0.874. The zero-order valence-electron chi connectivity index (χ0n) is 12.6. The fourth-order valence-electron chi connectivity index (χ4n) is 2.74. The number of hydrogen-bond acceptors (Lipinski definition) is 4. The van der Waals surface area contributed by atoms with E-state index >= 15 is 0 Å². The molecule has 0 saturated heterocycles. The number of fused-ring (bicyclic) bond motifs is 1. The lowest BCUT2D eigenvalue weighted by Crippen LogP contribution is -2.12. The van der Waals surface area contributed by atoms with Crippen LogP contribution in [0.3, 0.4) is 0 Å². The Balaban J connectivity index is 2.05. The number of aromatic nitrogens is 1. The minimum atomic E-state index is -2.58. The van der Waals surface area contributed by atoms with Gasteiger partial charge >= 0.3 is 5.97 Å². The highest BCUT2D eigenvalue weighted by molar-refractivity contribution is 5.87. The molecule has 0 fully saturated rings. The lowest BCUT2D eigenvalue weighted by Gasteiger charge is -2.21. The number of benzene rings is 1. The maximum atomic E-state index is 13.4. The Labute approximate surface area is 132 Å². The fraction of sp³-hybridized carbons (Fsp3) is 0.294. The summed E-state index contributed by atoms with van der Waals surface area (Å²) >= 11 is 0.